The van der Waals surface area contributed by atoms with Crippen molar-refractivity contribution in [3.05, 3.63) is 29.6 Å². The molecule has 1 saturated heterocycles. The molecular weight excluding hydrogens is 255 g/mol. The van der Waals surface area contributed by atoms with Crippen LogP contribution < -0.4 is 4.90 Å². The van der Waals surface area contributed by atoms with Crippen molar-refractivity contribution in [2.75, 3.05) is 18.0 Å². The Balaban J connectivity index is 1.94. The number of anilines is 1. The van der Waals surface area contributed by atoms with Crippen LogP contribution >= 0.6 is 0 Å². The topological polar surface area (TPSA) is 32.7 Å². The maximum absolute atomic E-state index is 14.4. The summed E-state index contributed by atoms with van der Waals surface area (Å²) >= 11 is 0. The third kappa shape index (κ3) is 2.25. The summed E-state index contributed by atoms with van der Waals surface area (Å²) in [6.45, 7) is 1.85. The molecule has 1 aliphatic heterocycles. The minimum atomic E-state index is -0.536. The van der Waals surface area contributed by atoms with Crippen molar-refractivity contribution in [2.45, 2.75) is 44.1 Å². The van der Waals surface area contributed by atoms with E-state index in [0.717, 1.165) is 57.2 Å². The van der Waals surface area contributed by atoms with Crippen LogP contribution in [0, 0.1) is 5.82 Å². The van der Waals surface area contributed by atoms with Crippen LogP contribution in [0.4, 0.5) is 10.1 Å². The molecule has 0 amide bonds. The Morgan fingerprint density at radius 1 is 1.15 bits per heavy atom. The van der Waals surface area contributed by atoms with Gasteiger partial charge in [-0.1, -0.05) is 18.9 Å². The minimum Gasteiger partial charge on any atom is -0.369 e. The molecule has 106 valence electrons. The van der Waals surface area contributed by atoms with Crippen molar-refractivity contribution in [3.8, 4) is 0 Å². The molecule has 0 aromatic heterocycles. The summed E-state index contributed by atoms with van der Waals surface area (Å²) in [4.78, 5) is 16.8. The van der Waals surface area contributed by atoms with Crippen LogP contribution in [0.2, 0.25) is 0 Å². The fourth-order valence-corrected chi connectivity index (χ4v) is 3.52. The standard InChI is InChI=1S/C16H19FN2O/c17-14-11-13(16(18-12-20)7-1-2-8-16)5-6-15(14)19-9-3-4-10-19/h5-6,11H,1-4,7-10H2. The molecule has 0 radical (unpaired) electrons. The summed E-state index contributed by atoms with van der Waals surface area (Å²) in [5.41, 5.74) is 0.958. The molecule has 1 aromatic carbocycles. The van der Waals surface area contributed by atoms with Crippen molar-refractivity contribution in [3.63, 3.8) is 0 Å². The van der Waals surface area contributed by atoms with Gasteiger partial charge >= 0.3 is 0 Å². The summed E-state index contributed by atoms with van der Waals surface area (Å²) < 4.78 is 14.4. The van der Waals surface area contributed by atoms with E-state index in [1.165, 1.54) is 0 Å². The molecule has 3 rings (SSSR count). The number of carbonyl (C=O) groups excluding carboxylic acids is 1. The first-order valence-corrected chi connectivity index (χ1v) is 7.39. The average molecular weight is 274 g/mol. The predicted molar refractivity (Wildman–Crippen MR) is 76.1 cm³/mol. The highest BCUT2D eigenvalue weighted by molar-refractivity contribution is 5.51. The van der Waals surface area contributed by atoms with Gasteiger partial charge in [-0.15, -0.1) is 0 Å². The molecule has 3 nitrogen and oxygen atoms in total. The first-order valence-electron chi connectivity index (χ1n) is 7.39. The van der Waals surface area contributed by atoms with Gasteiger partial charge in [0, 0.05) is 13.1 Å². The molecule has 0 atom stereocenters. The SMILES string of the molecule is O=C=NC1(c2ccc(N3CCCC3)c(F)c2)CCCC1. The first-order chi connectivity index (χ1) is 9.75. The highest BCUT2D eigenvalue weighted by Crippen LogP contribution is 2.43. The van der Waals surface area contributed by atoms with Crippen LogP contribution in [-0.4, -0.2) is 19.2 Å². The van der Waals surface area contributed by atoms with Crippen molar-refractivity contribution < 1.29 is 9.18 Å². The number of rotatable bonds is 3. The van der Waals surface area contributed by atoms with Crippen LogP contribution in [-0.2, 0) is 10.3 Å². The highest BCUT2D eigenvalue weighted by Gasteiger charge is 2.36. The second kappa shape index (κ2) is 5.37. The molecule has 1 aromatic rings. The van der Waals surface area contributed by atoms with E-state index in [9.17, 15) is 9.18 Å². The molecular formula is C16H19FN2O. The van der Waals surface area contributed by atoms with Crippen LogP contribution in [0.15, 0.2) is 23.2 Å². The molecule has 20 heavy (non-hydrogen) atoms. The van der Waals surface area contributed by atoms with Crippen molar-refractivity contribution in [1.82, 2.24) is 0 Å². The molecule has 2 fully saturated rings. The van der Waals surface area contributed by atoms with E-state index >= 15 is 0 Å². The Kier molecular flexibility index (Phi) is 3.58. The lowest BCUT2D eigenvalue weighted by atomic mass is 9.88. The van der Waals surface area contributed by atoms with Crippen molar-refractivity contribution in [2.24, 2.45) is 4.99 Å². The number of hydrogen-bond donors (Lipinski definition) is 0. The van der Waals surface area contributed by atoms with E-state index in [2.05, 4.69) is 9.89 Å². The zero-order chi connectivity index (χ0) is 14.0. The molecule has 2 aliphatic rings. The van der Waals surface area contributed by atoms with E-state index in [1.807, 2.05) is 12.1 Å². The fraction of sp³-hybridized carbons (Fsp3) is 0.562. The Bertz CT molecular complexity index is 539. The van der Waals surface area contributed by atoms with Gasteiger partial charge < -0.3 is 4.90 Å². The smallest absolute Gasteiger partial charge is 0.235 e. The molecule has 0 N–H and O–H groups in total. The highest BCUT2D eigenvalue weighted by atomic mass is 19.1. The van der Waals surface area contributed by atoms with Gasteiger partial charge in [-0.3, -0.25) is 0 Å². The van der Waals surface area contributed by atoms with Crippen LogP contribution in [0.5, 0.6) is 0 Å². The Morgan fingerprint density at radius 3 is 2.45 bits per heavy atom. The van der Waals surface area contributed by atoms with Gasteiger partial charge in [0.15, 0.2) is 0 Å². The van der Waals surface area contributed by atoms with E-state index in [1.54, 1.807) is 12.1 Å². The summed E-state index contributed by atoms with van der Waals surface area (Å²) in [6, 6.07) is 5.35. The lowest BCUT2D eigenvalue weighted by molar-refractivity contribution is 0.452. The molecule has 4 heteroatoms. The number of aliphatic imine (C=N–C) groups is 1. The van der Waals surface area contributed by atoms with Crippen molar-refractivity contribution >= 4 is 11.8 Å². The quantitative estimate of drug-likeness (QED) is 0.624. The van der Waals surface area contributed by atoms with Gasteiger partial charge in [0.1, 0.15) is 5.82 Å². The number of hydrogen-bond acceptors (Lipinski definition) is 3. The first kappa shape index (κ1) is 13.3. The van der Waals surface area contributed by atoms with E-state index in [4.69, 9.17) is 0 Å². The van der Waals surface area contributed by atoms with Crippen molar-refractivity contribution in [1.29, 1.82) is 0 Å². The molecule has 1 heterocycles. The molecule has 1 aliphatic carbocycles. The monoisotopic (exact) mass is 274 g/mol. The van der Waals surface area contributed by atoms with E-state index in [-0.39, 0.29) is 5.82 Å². The number of benzene rings is 1. The third-order valence-corrected chi connectivity index (χ3v) is 4.62. The molecule has 1 saturated carbocycles. The largest absolute Gasteiger partial charge is 0.369 e. The summed E-state index contributed by atoms with van der Waals surface area (Å²) in [7, 11) is 0. The molecule has 0 spiro atoms. The third-order valence-electron chi connectivity index (χ3n) is 4.62. The van der Waals surface area contributed by atoms with Gasteiger partial charge in [0.2, 0.25) is 6.08 Å². The second-order valence-electron chi connectivity index (χ2n) is 5.80. The fourth-order valence-electron chi connectivity index (χ4n) is 3.52. The van der Waals surface area contributed by atoms with Gasteiger partial charge in [-0.05, 0) is 43.4 Å². The maximum Gasteiger partial charge on any atom is 0.235 e. The second-order valence-corrected chi connectivity index (χ2v) is 5.80. The maximum atomic E-state index is 14.4. The normalized spacial score (nSPS) is 20.9. The lowest BCUT2D eigenvalue weighted by Gasteiger charge is -2.25. The Labute approximate surface area is 118 Å². The summed E-state index contributed by atoms with van der Waals surface area (Å²) in [5, 5.41) is 0. The molecule has 0 unspecified atom stereocenters. The number of isocyanates is 1. The predicted octanol–water partition coefficient (Wildman–Crippen LogP) is 3.53. The average Bonchev–Trinajstić information content (AvgIpc) is 3.10. The lowest BCUT2D eigenvalue weighted by Crippen LogP contribution is -2.22. The number of halogens is 1. The van der Waals surface area contributed by atoms with Gasteiger partial charge in [-0.25, -0.2) is 9.18 Å². The minimum absolute atomic E-state index is 0.197. The van der Waals surface area contributed by atoms with E-state index in [0.29, 0.717) is 5.69 Å². The summed E-state index contributed by atoms with van der Waals surface area (Å²) in [5.74, 6) is -0.197. The van der Waals surface area contributed by atoms with Crippen LogP contribution in [0.1, 0.15) is 44.1 Å². The zero-order valence-electron chi connectivity index (χ0n) is 11.6. The van der Waals surface area contributed by atoms with Gasteiger partial charge in [0.05, 0.1) is 11.2 Å². The van der Waals surface area contributed by atoms with Crippen LogP contribution in [0.25, 0.3) is 0 Å². The Hall–Kier alpha value is -1.67. The van der Waals surface area contributed by atoms with Gasteiger partial charge in [-0.2, -0.15) is 4.99 Å². The summed E-state index contributed by atoms with van der Waals surface area (Å²) in [6.07, 6.45) is 7.61. The number of nitrogens with zero attached hydrogens (tertiary/aromatic N) is 2. The van der Waals surface area contributed by atoms with E-state index < -0.39 is 5.54 Å². The van der Waals surface area contributed by atoms with Gasteiger partial charge in [0.25, 0.3) is 0 Å². The molecule has 0 bridgehead atoms. The van der Waals surface area contributed by atoms with Crippen LogP contribution in [0.3, 0.4) is 0 Å². The Morgan fingerprint density at radius 2 is 1.85 bits per heavy atom. The zero-order valence-corrected chi connectivity index (χ0v) is 11.6.